The third-order valence-corrected chi connectivity index (χ3v) is 3.54. The molecule has 2 aliphatic heterocycles. The smallest absolute Gasteiger partial charge is 0.219 e. The summed E-state index contributed by atoms with van der Waals surface area (Å²) in [5.74, 6) is 0.218. The van der Waals surface area contributed by atoms with Gasteiger partial charge in [-0.15, -0.1) is 0 Å². The summed E-state index contributed by atoms with van der Waals surface area (Å²) in [5.41, 5.74) is 0. The van der Waals surface area contributed by atoms with E-state index in [-0.39, 0.29) is 5.91 Å². The monoisotopic (exact) mass is 211 g/mol. The lowest BCUT2D eigenvalue weighted by Crippen LogP contribution is -2.50. The van der Waals surface area contributed by atoms with Crippen LogP contribution in [0, 0.1) is 0 Å². The van der Waals surface area contributed by atoms with Crippen molar-refractivity contribution in [1.82, 2.24) is 15.1 Å². The Morgan fingerprint density at radius 3 is 2.47 bits per heavy atom. The second kappa shape index (κ2) is 4.94. The summed E-state index contributed by atoms with van der Waals surface area (Å²) in [4.78, 5) is 15.5. The van der Waals surface area contributed by atoms with Gasteiger partial charge in [0.05, 0.1) is 0 Å². The van der Waals surface area contributed by atoms with Crippen molar-refractivity contribution < 1.29 is 4.79 Å². The van der Waals surface area contributed by atoms with Gasteiger partial charge >= 0.3 is 0 Å². The predicted octanol–water partition coefficient (Wildman–Crippen LogP) is -0.0975. The number of carbonyl (C=O) groups is 1. The number of hydrogen-bond donors (Lipinski definition) is 1. The first-order chi connectivity index (χ1) is 7.25. The molecule has 2 aliphatic rings. The first-order valence-electron chi connectivity index (χ1n) is 5.97. The fraction of sp³-hybridized carbons (Fsp3) is 0.909. The van der Waals surface area contributed by atoms with E-state index in [2.05, 4.69) is 10.2 Å². The molecule has 0 radical (unpaired) electrons. The van der Waals surface area contributed by atoms with Gasteiger partial charge in [-0.1, -0.05) is 0 Å². The van der Waals surface area contributed by atoms with Crippen molar-refractivity contribution >= 4 is 5.91 Å². The van der Waals surface area contributed by atoms with Crippen molar-refractivity contribution in [3.05, 3.63) is 0 Å². The molecule has 15 heavy (non-hydrogen) atoms. The summed E-state index contributed by atoms with van der Waals surface area (Å²) in [5, 5.41) is 3.42. The Labute approximate surface area is 91.6 Å². The average Bonchev–Trinajstić information content (AvgIpc) is 2.16. The standard InChI is InChI=1S/C11H21N3O/c1-10(15)14-8-6-13(7-9-14)5-3-11-2-4-12-11/h11-12H,2-9H2,1H3. The normalized spacial score (nSPS) is 27.5. The Bertz CT molecular complexity index is 220. The van der Waals surface area contributed by atoms with Crippen LogP contribution in [0.25, 0.3) is 0 Å². The molecular weight excluding hydrogens is 190 g/mol. The number of piperazine rings is 1. The molecule has 0 aromatic carbocycles. The minimum atomic E-state index is 0.218. The van der Waals surface area contributed by atoms with Gasteiger partial charge < -0.3 is 10.2 Å². The highest BCUT2D eigenvalue weighted by Gasteiger charge is 2.21. The van der Waals surface area contributed by atoms with Crippen LogP contribution in [0.3, 0.4) is 0 Å². The van der Waals surface area contributed by atoms with Crippen molar-refractivity contribution in [1.29, 1.82) is 0 Å². The summed E-state index contributed by atoms with van der Waals surface area (Å²) in [6, 6.07) is 0.760. The summed E-state index contributed by atoms with van der Waals surface area (Å²) in [7, 11) is 0. The maximum absolute atomic E-state index is 11.1. The Kier molecular flexibility index (Phi) is 3.59. The van der Waals surface area contributed by atoms with Gasteiger partial charge in [-0.3, -0.25) is 9.69 Å². The van der Waals surface area contributed by atoms with E-state index >= 15 is 0 Å². The summed E-state index contributed by atoms with van der Waals surface area (Å²) < 4.78 is 0. The molecular formula is C11H21N3O. The number of carbonyl (C=O) groups excluding carboxylic acids is 1. The van der Waals surface area contributed by atoms with E-state index in [0.29, 0.717) is 0 Å². The number of rotatable bonds is 3. The molecule has 1 atom stereocenters. The largest absolute Gasteiger partial charge is 0.340 e. The molecule has 4 heteroatoms. The first kappa shape index (κ1) is 10.9. The second-order valence-electron chi connectivity index (χ2n) is 4.58. The number of amides is 1. The van der Waals surface area contributed by atoms with Crippen molar-refractivity contribution in [3.63, 3.8) is 0 Å². The lowest BCUT2D eigenvalue weighted by Gasteiger charge is -2.36. The fourth-order valence-corrected chi connectivity index (χ4v) is 2.22. The van der Waals surface area contributed by atoms with E-state index in [1.54, 1.807) is 6.92 Å². The van der Waals surface area contributed by atoms with E-state index in [0.717, 1.165) is 32.2 Å². The molecule has 1 N–H and O–H groups in total. The van der Waals surface area contributed by atoms with Crippen molar-refractivity contribution in [2.45, 2.75) is 25.8 Å². The second-order valence-corrected chi connectivity index (χ2v) is 4.58. The molecule has 0 aliphatic carbocycles. The highest BCUT2D eigenvalue weighted by molar-refractivity contribution is 5.73. The zero-order chi connectivity index (χ0) is 10.7. The summed E-state index contributed by atoms with van der Waals surface area (Å²) in [6.45, 7) is 7.96. The molecule has 0 spiro atoms. The van der Waals surface area contributed by atoms with Gasteiger partial charge in [-0.2, -0.15) is 0 Å². The molecule has 2 heterocycles. The maximum atomic E-state index is 11.1. The molecule has 1 amide bonds. The zero-order valence-electron chi connectivity index (χ0n) is 9.54. The van der Waals surface area contributed by atoms with Crippen LogP contribution in [0.4, 0.5) is 0 Å². The van der Waals surface area contributed by atoms with Crippen molar-refractivity contribution in [3.8, 4) is 0 Å². The molecule has 4 nitrogen and oxygen atoms in total. The molecule has 2 rings (SSSR count). The van der Waals surface area contributed by atoms with Gasteiger partial charge in [-0.25, -0.2) is 0 Å². The maximum Gasteiger partial charge on any atom is 0.219 e. The van der Waals surface area contributed by atoms with E-state index in [1.807, 2.05) is 4.90 Å². The number of nitrogens with zero attached hydrogens (tertiary/aromatic N) is 2. The van der Waals surface area contributed by atoms with Crippen LogP contribution in [0.5, 0.6) is 0 Å². The van der Waals surface area contributed by atoms with Gasteiger partial charge in [0.15, 0.2) is 0 Å². The Hall–Kier alpha value is -0.610. The van der Waals surface area contributed by atoms with E-state index in [1.165, 1.54) is 25.9 Å². The van der Waals surface area contributed by atoms with E-state index < -0.39 is 0 Å². The van der Waals surface area contributed by atoms with Crippen molar-refractivity contribution in [2.75, 3.05) is 39.3 Å². The van der Waals surface area contributed by atoms with Gasteiger partial charge in [0.2, 0.25) is 5.91 Å². The lowest BCUT2D eigenvalue weighted by atomic mass is 10.0. The van der Waals surface area contributed by atoms with Gasteiger partial charge in [0.1, 0.15) is 0 Å². The Morgan fingerprint density at radius 2 is 2.00 bits per heavy atom. The predicted molar refractivity (Wildman–Crippen MR) is 59.7 cm³/mol. The quantitative estimate of drug-likeness (QED) is 0.708. The van der Waals surface area contributed by atoms with E-state index in [9.17, 15) is 4.79 Å². The third kappa shape index (κ3) is 2.92. The van der Waals surface area contributed by atoms with Crippen LogP contribution in [0.1, 0.15) is 19.8 Å². The molecule has 2 saturated heterocycles. The highest BCUT2D eigenvalue weighted by Crippen LogP contribution is 2.09. The van der Waals surface area contributed by atoms with Crippen LogP contribution >= 0.6 is 0 Å². The Balaban J connectivity index is 1.62. The van der Waals surface area contributed by atoms with Gasteiger partial charge in [0.25, 0.3) is 0 Å². The van der Waals surface area contributed by atoms with Gasteiger partial charge in [0, 0.05) is 39.1 Å². The van der Waals surface area contributed by atoms with Crippen LogP contribution in [0.2, 0.25) is 0 Å². The molecule has 1 unspecified atom stereocenters. The van der Waals surface area contributed by atoms with Crippen LogP contribution in [-0.4, -0.2) is 61.0 Å². The van der Waals surface area contributed by atoms with Crippen LogP contribution in [0.15, 0.2) is 0 Å². The minimum absolute atomic E-state index is 0.218. The molecule has 86 valence electrons. The fourth-order valence-electron chi connectivity index (χ4n) is 2.22. The zero-order valence-corrected chi connectivity index (χ0v) is 9.54. The molecule has 0 aromatic heterocycles. The average molecular weight is 211 g/mol. The van der Waals surface area contributed by atoms with Crippen LogP contribution in [-0.2, 0) is 4.79 Å². The molecule has 0 saturated carbocycles. The highest BCUT2D eigenvalue weighted by atomic mass is 16.2. The topological polar surface area (TPSA) is 35.6 Å². The van der Waals surface area contributed by atoms with Crippen LogP contribution < -0.4 is 5.32 Å². The van der Waals surface area contributed by atoms with Gasteiger partial charge in [-0.05, 0) is 25.9 Å². The Morgan fingerprint density at radius 1 is 1.33 bits per heavy atom. The molecule has 0 bridgehead atoms. The molecule has 0 aromatic rings. The first-order valence-corrected chi connectivity index (χ1v) is 5.97. The number of nitrogens with one attached hydrogen (secondary N) is 1. The molecule has 2 fully saturated rings. The summed E-state index contributed by atoms with van der Waals surface area (Å²) >= 11 is 0. The van der Waals surface area contributed by atoms with E-state index in [4.69, 9.17) is 0 Å². The summed E-state index contributed by atoms with van der Waals surface area (Å²) in [6.07, 6.45) is 2.60. The lowest BCUT2D eigenvalue weighted by molar-refractivity contribution is -0.130. The minimum Gasteiger partial charge on any atom is -0.340 e. The van der Waals surface area contributed by atoms with Crippen molar-refractivity contribution in [2.24, 2.45) is 0 Å². The SMILES string of the molecule is CC(=O)N1CCN(CCC2CCN2)CC1. The number of hydrogen-bond acceptors (Lipinski definition) is 3. The third-order valence-electron chi connectivity index (χ3n) is 3.54.